The van der Waals surface area contributed by atoms with Crippen molar-refractivity contribution in [1.29, 1.82) is 0 Å². The Morgan fingerprint density at radius 3 is 1.27 bits per heavy atom. The summed E-state index contributed by atoms with van der Waals surface area (Å²) in [6.45, 7) is 2.01. The highest BCUT2D eigenvalue weighted by Crippen LogP contribution is 2.17. The van der Waals surface area contributed by atoms with Crippen molar-refractivity contribution in [1.82, 2.24) is 5.32 Å². The molecule has 0 saturated carbocycles. The molecule has 6 N–H and O–H groups in total. The van der Waals surface area contributed by atoms with Gasteiger partial charge in [0.1, 0.15) is 11.9 Å². The van der Waals surface area contributed by atoms with Crippen LogP contribution in [0.4, 0.5) is 39.5 Å². The number of hydrogen-bond donors (Lipinski definition) is 5. The molecule has 1 amide bonds. The van der Waals surface area contributed by atoms with Crippen molar-refractivity contribution in [3.8, 4) is 5.75 Å². The molecule has 1 aliphatic heterocycles. The van der Waals surface area contributed by atoms with Crippen LogP contribution in [-0.2, 0) is 14.4 Å². The first-order valence-corrected chi connectivity index (χ1v) is 9.26. The van der Waals surface area contributed by atoms with E-state index >= 15 is 0 Å². The molecule has 1 aliphatic rings. The van der Waals surface area contributed by atoms with Gasteiger partial charge in [0.25, 0.3) is 0 Å². The topological polar surface area (TPSA) is 176 Å². The molecule has 0 aromatic heterocycles. The predicted octanol–water partition coefficient (Wildman–Crippen LogP) is 2.82. The number of amides is 1. The molecule has 1 saturated heterocycles. The summed E-state index contributed by atoms with van der Waals surface area (Å²) in [7, 11) is 0. The molecule has 0 unspecified atom stereocenters. The Balaban J connectivity index is 0. The fraction of sp³-hybridized carbons (Fsp3) is 0.444. The molecule has 1 aromatic carbocycles. The predicted molar refractivity (Wildman–Crippen MR) is 103 cm³/mol. The number of benzene rings is 1. The summed E-state index contributed by atoms with van der Waals surface area (Å²) in [4.78, 5) is 37.6. The van der Waals surface area contributed by atoms with E-state index in [9.17, 15) is 44.3 Å². The second-order valence-corrected chi connectivity index (χ2v) is 6.36. The number of carbonyl (C=O) groups is 4. The lowest BCUT2D eigenvalue weighted by Crippen LogP contribution is -2.34. The van der Waals surface area contributed by atoms with Crippen molar-refractivity contribution >= 4 is 23.8 Å². The van der Waals surface area contributed by atoms with Gasteiger partial charge in [0.2, 0.25) is 5.91 Å². The van der Waals surface area contributed by atoms with Crippen LogP contribution < -0.4 is 15.8 Å². The first kappa shape index (κ1) is 35.4. The average Bonchev–Trinajstić information content (AvgIpc) is 2.74. The van der Waals surface area contributed by atoms with Gasteiger partial charge < -0.3 is 31.1 Å². The van der Waals surface area contributed by atoms with Crippen molar-refractivity contribution < 1.29 is 78.7 Å². The molecule has 0 atom stereocenters. The van der Waals surface area contributed by atoms with Crippen molar-refractivity contribution in [3.63, 3.8) is 0 Å². The van der Waals surface area contributed by atoms with E-state index in [-0.39, 0.29) is 6.10 Å². The average molecular weight is 562 g/mol. The van der Waals surface area contributed by atoms with Crippen LogP contribution in [0, 0.1) is 0 Å². The zero-order valence-electron chi connectivity index (χ0n) is 18.1. The molecule has 0 aliphatic carbocycles. The molecule has 1 aromatic rings. The van der Waals surface area contributed by atoms with E-state index in [0.717, 1.165) is 31.7 Å². The van der Waals surface area contributed by atoms with Gasteiger partial charge in [-0.15, -0.1) is 0 Å². The van der Waals surface area contributed by atoms with Crippen LogP contribution in [0.3, 0.4) is 0 Å². The molecule has 0 spiro atoms. The summed E-state index contributed by atoms with van der Waals surface area (Å²) in [5.41, 5.74) is 5.67. The van der Waals surface area contributed by atoms with E-state index in [4.69, 9.17) is 40.2 Å². The minimum atomic E-state index is -5.08. The highest BCUT2D eigenvalue weighted by Gasteiger charge is 2.39. The number of nitrogens with two attached hydrogens (primary N) is 1. The second-order valence-electron chi connectivity index (χ2n) is 6.36. The van der Waals surface area contributed by atoms with Gasteiger partial charge >= 0.3 is 36.4 Å². The van der Waals surface area contributed by atoms with E-state index in [1.54, 1.807) is 24.3 Å². The summed E-state index contributed by atoms with van der Waals surface area (Å²) in [5.74, 6) is -7.88. The minimum Gasteiger partial charge on any atom is -0.490 e. The molecule has 1 fully saturated rings. The number of alkyl halides is 9. The minimum absolute atomic E-state index is 0.278. The number of ether oxygens (including phenoxy) is 1. The maximum absolute atomic E-state index is 10.9. The number of carboxylic acid groups (broad SMARTS) is 3. The second kappa shape index (κ2) is 15.4. The molecule has 37 heavy (non-hydrogen) atoms. The molecule has 19 heteroatoms. The van der Waals surface area contributed by atoms with E-state index in [0.29, 0.717) is 5.56 Å². The monoisotopic (exact) mass is 562 g/mol. The molecule has 0 bridgehead atoms. The zero-order chi connectivity index (χ0) is 29.6. The van der Waals surface area contributed by atoms with Gasteiger partial charge in [-0.25, -0.2) is 14.4 Å². The summed E-state index contributed by atoms with van der Waals surface area (Å²) in [5, 5.41) is 24.7. The van der Waals surface area contributed by atoms with Crippen LogP contribution >= 0.6 is 0 Å². The summed E-state index contributed by atoms with van der Waals surface area (Å²) >= 11 is 0. The SMILES string of the molecule is NC(=O)c1ccc(OC2CCNCC2)cc1.O=C(O)C(F)(F)F.O=C(O)C(F)(F)F.O=C(O)C(F)(F)F. The lowest BCUT2D eigenvalue weighted by Gasteiger charge is -2.23. The first-order chi connectivity index (χ1) is 16.6. The first-order valence-electron chi connectivity index (χ1n) is 9.26. The fourth-order valence-corrected chi connectivity index (χ4v) is 1.80. The van der Waals surface area contributed by atoms with Gasteiger partial charge in [0, 0.05) is 5.56 Å². The van der Waals surface area contributed by atoms with Crippen molar-refractivity contribution in [2.24, 2.45) is 5.73 Å². The van der Waals surface area contributed by atoms with Crippen molar-refractivity contribution in [2.45, 2.75) is 37.5 Å². The highest BCUT2D eigenvalue weighted by atomic mass is 19.4. The Bertz CT molecular complexity index is 822. The van der Waals surface area contributed by atoms with Gasteiger partial charge in [-0.3, -0.25) is 4.79 Å². The van der Waals surface area contributed by atoms with Crippen LogP contribution in [0.1, 0.15) is 23.2 Å². The third kappa shape index (κ3) is 18.2. The van der Waals surface area contributed by atoms with E-state index in [2.05, 4.69) is 5.32 Å². The van der Waals surface area contributed by atoms with Crippen LogP contribution in [-0.4, -0.2) is 76.9 Å². The van der Waals surface area contributed by atoms with Crippen LogP contribution in [0.15, 0.2) is 24.3 Å². The number of primary amides is 1. The van der Waals surface area contributed by atoms with Gasteiger partial charge in [0.05, 0.1) is 0 Å². The molecular formula is C18H19F9N2O8. The Labute approximate surface area is 200 Å². The van der Waals surface area contributed by atoms with Crippen LogP contribution in [0.2, 0.25) is 0 Å². The number of hydrogen-bond acceptors (Lipinski definition) is 6. The van der Waals surface area contributed by atoms with E-state index in [1.807, 2.05) is 0 Å². The molecule has 212 valence electrons. The summed E-state index contributed by atoms with van der Waals surface area (Å²) in [6.07, 6.45) is -12.9. The normalized spacial score (nSPS) is 13.8. The third-order valence-electron chi connectivity index (χ3n) is 3.46. The van der Waals surface area contributed by atoms with Gasteiger partial charge in [-0.05, 0) is 50.2 Å². The Kier molecular flexibility index (Phi) is 14.7. The Hall–Kier alpha value is -3.77. The molecule has 1 heterocycles. The standard InChI is InChI=1S/C12H16N2O2.3C2HF3O2/c13-12(15)9-1-3-10(4-2-9)16-11-5-7-14-8-6-11;3*3-2(4,5)1(6)7/h1-4,11,14H,5-8H2,(H2,13,15);3*(H,6,7). The van der Waals surface area contributed by atoms with Crippen molar-refractivity contribution in [2.75, 3.05) is 13.1 Å². The number of halogens is 9. The zero-order valence-corrected chi connectivity index (χ0v) is 18.1. The smallest absolute Gasteiger partial charge is 0.490 e. The Morgan fingerprint density at radius 2 is 1.03 bits per heavy atom. The quantitative estimate of drug-likeness (QED) is 0.347. The number of carbonyl (C=O) groups excluding carboxylic acids is 1. The summed E-state index contributed by atoms with van der Waals surface area (Å²) in [6, 6.07) is 6.97. The highest BCUT2D eigenvalue weighted by molar-refractivity contribution is 5.92. The van der Waals surface area contributed by atoms with E-state index in [1.165, 1.54) is 0 Å². The maximum atomic E-state index is 10.9. The van der Waals surface area contributed by atoms with Gasteiger partial charge in [-0.2, -0.15) is 39.5 Å². The third-order valence-corrected chi connectivity index (χ3v) is 3.46. The van der Waals surface area contributed by atoms with Crippen molar-refractivity contribution in [3.05, 3.63) is 29.8 Å². The maximum Gasteiger partial charge on any atom is 0.490 e. The van der Waals surface area contributed by atoms with Crippen LogP contribution in [0.25, 0.3) is 0 Å². The summed E-state index contributed by atoms with van der Waals surface area (Å²) < 4.78 is 101. The van der Waals surface area contributed by atoms with Crippen LogP contribution in [0.5, 0.6) is 5.75 Å². The molecule has 2 rings (SSSR count). The number of rotatable bonds is 3. The number of carboxylic acids is 3. The Morgan fingerprint density at radius 1 is 0.730 bits per heavy atom. The van der Waals surface area contributed by atoms with Gasteiger partial charge in [0.15, 0.2) is 0 Å². The van der Waals surface area contributed by atoms with E-state index < -0.39 is 42.3 Å². The molecule has 10 nitrogen and oxygen atoms in total. The number of aliphatic carboxylic acids is 3. The largest absolute Gasteiger partial charge is 0.490 e. The molecule has 0 radical (unpaired) electrons. The fourth-order valence-electron chi connectivity index (χ4n) is 1.80. The lowest BCUT2D eigenvalue weighted by atomic mass is 10.1. The van der Waals surface area contributed by atoms with Gasteiger partial charge in [-0.1, -0.05) is 0 Å². The molecular weight excluding hydrogens is 543 g/mol. The lowest BCUT2D eigenvalue weighted by molar-refractivity contribution is -0.193. The number of nitrogens with one attached hydrogen (secondary N) is 1. The number of piperidine rings is 1.